The number of oxime groups is 1. The van der Waals surface area contributed by atoms with Crippen LogP contribution in [-0.2, 0) is 19.2 Å². The molecular formula is C15H14N8O5S3. The number of nitrogens with one attached hydrogen (secondary N) is 1. The van der Waals surface area contributed by atoms with E-state index in [0.29, 0.717) is 22.1 Å². The second-order valence-electron chi connectivity index (χ2n) is 6.23. The molecule has 0 unspecified atom stereocenters. The number of nitrogens with two attached hydrogens (primary N) is 1. The summed E-state index contributed by atoms with van der Waals surface area (Å²) in [4.78, 5) is 47.7. The van der Waals surface area contributed by atoms with Crippen molar-refractivity contribution in [3.05, 3.63) is 21.9 Å². The number of rotatable bonds is 7. The lowest BCUT2D eigenvalue weighted by atomic mass is 9.86. The molecule has 0 bridgehead atoms. The van der Waals surface area contributed by atoms with E-state index in [4.69, 9.17) is 5.73 Å². The number of nitrogen functional groups attached to an aromatic ring is 1. The average Bonchev–Trinajstić information content (AvgIpc) is 3.41. The molecule has 2 amide bonds. The lowest BCUT2D eigenvalue weighted by Crippen LogP contribution is -2.72. The molecule has 13 nitrogen and oxygen atoms in total. The number of anilines is 1. The minimum absolute atomic E-state index is 0.0315. The van der Waals surface area contributed by atoms with Gasteiger partial charge in [-0.1, -0.05) is 28.3 Å². The van der Waals surface area contributed by atoms with Crippen molar-refractivity contribution in [2.45, 2.75) is 29.3 Å². The van der Waals surface area contributed by atoms with Crippen molar-refractivity contribution >= 4 is 63.3 Å². The van der Waals surface area contributed by atoms with E-state index < -0.39 is 29.9 Å². The molecular weight excluding hydrogens is 468 g/mol. The zero-order chi connectivity index (χ0) is 22.1. The van der Waals surface area contributed by atoms with Gasteiger partial charge in [0.05, 0.1) is 6.04 Å². The molecule has 31 heavy (non-hydrogen) atoms. The maximum absolute atomic E-state index is 12.8. The Morgan fingerprint density at radius 2 is 2.29 bits per heavy atom. The van der Waals surface area contributed by atoms with Gasteiger partial charge in [0.1, 0.15) is 24.4 Å². The number of carbonyl (C=O) groups excluding carboxylic acids is 2. The number of thioether (sulfide) groups is 1. The monoisotopic (exact) mass is 482 g/mol. The van der Waals surface area contributed by atoms with Gasteiger partial charge in [-0.2, -0.15) is 9.36 Å². The van der Waals surface area contributed by atoms with Crippen LogP contribution in [-0.4, -0.2) is 72.3 Å². The molecule has 16 heteroatoms. The van der Waals surface area contributed by atoms with Gasteiger partial charge in [-0.15, -0.1) is 10.2 Å². The van der Waals surface area contributed by atoms with E-state index >= 15 is 0 Å². The van der Waals surface area contributed by atoms with Crippen LogP contribution in [0.5, 0.6) is 0 Å². The summed E-state index contributed by atoms with van der Waals surface area (Å²) in [7, 11) is 1.25. The maximum atomic E-state index is 12.8. The standard InChI is InChI=1S/C15H14N8O5S3/c1-28-21-8(10-19-14(16)31-22-10)11(24)18-7-5-2-3-6(30-15-20-17-4-29-15)9(13(26)27)23(5)12(7)25/h4-5,7H,2-3H2,1H3,(H,18,24)(H,26,27)(H2,16,19,22)/t5-,7+/m1/s1. The number of nitrogens with zero attached hydrogens (tertiary/aromatic N) is 6. The van der Waals surface area contributed by atoms with E-state index in [9.17, 15) is 19.5 Å². The second-order valence-corrected chi connectivity index (χ2v) is 9.19. The number of fused-ring (bicyclic) bond motifs is 1. The summed E-state index contributed by atoms with van der Waals surface area (Å²) >= 11 is 3.33. The largest absolute Gasteiger partial charge is 0.477 e. The van der Waals surface area contributed by atoms with Crippen LogP contribution in [0.3, 0.4) is 0 Å². The quantitative estimate of drug-likeness (QED) is 0.272. The number of carboxylic acid groups (broad SMARTS) is 1. The van der Waals surface area contributed by atoms with Gasteiger partial charge in [0.25, 0.3) is 11.8 Å². The molecule has 162 valence electrons. The number of aliphatic carboxylic acids is 1. The molecule has 4 rings (SSSR count). The number of carboxylic acids is 1. The first-order valence-corrected chi connectivity index (χ1v) is 11.1. The summed E-state index contributed by atoms with van der Waals surface area (Å²) in [6.45, 7) is 0. The number of hydrogen-bond donors (Lipinski definition) is 3. The third-order valence-electron chi connectivity index (χ3n) is 4.48. The number of allylic oxidation sites excluding steroid dienone is 1. The van der Waals surface area contributed by atoms with Gasteiger partial charge < -0.3 is 21.0 Å². The van der Waals surface area contributed by atoms with Crippen LogP contribution < -0.4 is 11.1 Å². The van der Waals surface area contributed by atoms with E-state index in [1.807, 2.05) is 0 Å². The summed E-state index contributed by atoms with van der Waals surface area (Å²) < 4.78 is 4.51. The lowest BCUT2D eigenvalue weighted by molar-refractivity contribution is -0.155. The third-order valence-corrected chi connectivity index (χ3v) is 6.95. The maximum Gasteiger partial charge on any atom is 0.353 e. The molecule has 4 N–H and O–H groups in total. The SMILES string of the molecule is CON=C(C(=O)N[C@@H]1C(=O)N2C(C(=O)O)=C(Sc3nncs3)CC[C@H]12)c1nsc(N)n1. The van der Waals surface area contributed by atoms with Crippen LogP contribution in [0.4, 0.5) is 5.13 Å². The highest BCUT2D eigenvalue weighted by Crippen LogP contribution is 2.43. The molecule has 2 aliphatic heterocycles. The van der Waals surface area contributed by atoms with Crippen molar-refractivity contribution in [3.8, 4) is 0 Å². The van der Waals surface area contributed by atoms with E-state index in [1.165, 1.54) is 35.1 Å². The van der Waals surface area contributed by atoms with Crippen molar-refractivity contribution in [2.24, 2.45) is 5.16 Å². The third kappa shape index (κ3) is 3.96. The smallest absolute Gasteiger partial charge is 0.353 e. The number of aromatic nitrogens is 4. The minimum atomic E-state index is -1.22. The number of carbonyl (C=O) groups is 3. The molecule has 0 radical (unpaired) electrons. The van der Waals surface area contributed by atoms with Gasteiger partial charge in [-0.25, -0.2) is 4.79 Å². The van der Waals surface area contributed by atoms with Crippen molar-refractivity contribution in [2.75, 3.05) is 12.8 Å². The van der Waals surface area contributed by atoms with Crippen LogP contribution >= 0.6 is 34.6 Å². The second kappa shape index (κ2) is 8.56. The van der Waals surface area contributed by atoms with Crippen molar-refractivity contribution in [1.29, 1.82) is 0 Å². The van der Waals surface area contributed by atoms with Crippen LogP contribution in [0.2, 0.25) is 0 Å². The Bertz CT molecular complexity index is 1100. The topological polar surface area (TPSA) is 186 Å². The fourth-order valence-electron chi connectivity index (χ4n) is 3.26. The summed E-state index contributed by atoms with van der Waals surface area (Å²) in [6, 6.07) is -1.41. The van der Waals surface area contributed by atoms with Gasteiger partial charge in [0, 0.05) is 16.4 Å². The first kappa shape index (κ1) is 21.1. The predicted octanol–water partition coefficient (Wildman–Crippen LogP) is -0.0998. The summed E-state index contributed by atoms with van der Waals surface area (Å²) in [5.74, 6) is -2.52. The summed E-state index contributed by atoms with van der Waals surface area (Å²) in [5, 5.41) is 23.7. The molecule has 2 aliphatic rings. The molecule has 2 aromatic rings. The fraction of sp³-hybridized carbons (Fsp3) is 0.333. The van der Waals surface area contributed by atoms with E-state index in [-0.39, 0.29) is 22.4 Å². The van der Waals surface area contributed by atoms with E-state index in [0.717, 1.165) is 11.5 Å². The zero-order valence-corrected chi connectivity index (χ0v) is 18.2. The lowest BCUT2D eigenvalue weighted by Gasteiger charge is -2.49. The van der Waals surface area contributed by atoms with Crippen molar-refractivity contribution in [3.63, 3.8) is 0 Å². The molecule has 0 saturated carbocycles. The van der Waals surface area contributed by atoms with E-state index in [1.54, 1.807) is 5.51 Å². The van der Waals surface area contributed by atoms with Crippen LogP contribution in [0.25, 0.3) is 0 Å². The van der Waals surface area contributed by atoms with Crippen LogP contribution in [0.15, 0.2) is 25.6 Å². The van der Waals surface area contributed by atoms with Gasteiger partial charge in [0.2, 0.25) is 11.5 Å². The van der Waals surface area contributed by atoms with Gasteiger partial charge in [-0.05, 0) is 12.8 Å². The molecule has 2 atom stereocenters. The highest BCUT2D eigenvalue weighted by atomic mass is 32.2. The Labute approximate surface area is 186 Å². The fourth-order valence-corrected chi connectivity index (χ4v) is 5.39. The Hall–Kier alpha value is -3.11. The molecule has 1 saturated heterocycles. The number of β-lactam (4-membered cyclic amide) rings is 1. The summed E-state index contributed by atoms with van der Waals surface area (Å²) in [6.07, 6.45) is 0.878. The highest BCUT2D eigenvalue weighted by molar-refractivity contribution is 8.04. The predicted molar refractivity (Wildman–Crippen MR) is 110 cm³/mol. The molecule has 0 aromatic carbocycles. The van der Waals surface area contributed by atoms with Gasteiger partial charge in [0.15, 0.2) is 9.47 Å². The van der Waals surface area contributed by atoms with Crippen LogP contribution in [0.1, 0.15) is 18.7 Å². The Morgan fingerprint density at radius 3 is 2.90 bits per heavy atom. The Kier molecular flexibility index (Phi) is 5.84. The first-order chi connectivity index (χ1) is 14.9. The highest BCUT2D eigenvalue weighted by Gasteiger charge is 2.54. The molecule has 1 fully saturated rings. The molecule has 0 aliphatic carbocycles. The molecule has 0 spiro atoms. The Balaban J connectivity index is 1.53. The normalized spacial score (nSPS) is 20.9. The van der Waals surface area contributed by atoms with E-state index in [2.05, 4.69) is 34.9 Å². The average molecular weight is 483 g/mol. The number of hydrogen-bond acceptors (Lipinski definition) is 13. The zero-order valence-electron chi connectivity index (χ0n) is 15.7. The summed E-state index contributed by atoms with van der Waals surface area (Å²) in [5.41, 5.74) is 6.75. The van der Waals surface area contributed by atoms with Crippen molar-refractivity contribution < 1.29 is 24.3 Å². The Morgan fingerprint density at radius 1 is 1.48 bits per heavy atom. The number of amides is 2. The first-order valence-electron chi connectivity index (χ1n) is 8.65. The molecule has 4 heterocycles. The van der Waals surface area contributed by atoms with Crippen LogP contribution in [0, 0.1) is 0 Å². The molecule has 2 aromatic heterocycles. The van der Waals surface area contributed by atoms with Gasteiger partial charge in [-0.3, -0.25) is 14.5 Å². The van der Waals surface area contributed by atoms with Gasteiger partial charge >= 0.3 is 5.97 Å². The van der Waals surface area contributed by atoms with Crippen molar-refractivity contribution in [1.82, 2.24) is 29.8 Å². The minimum Gasteiger partial charge on any atom is -0.477 e.